The van der Waals surface area contributed by atoms with Crippen molar-refractivity contribution in [3.8, 4) is 5.69 Å². The minimum Gasteiger partial charge on any atom is -0.353 e. The number of fused-ring (bicyclic) bond motifs is 1. The van der Waals surface area contributed by atoms with Crippen molar-refractivity contribution in [3.05, 3.63) is 42.9 Å². The van der Waals surface area contributed by atoms with E-state index < -0.39 is 10.2 Å². The molecule has 0 aliphatic carbocycles. The number of nitrogens with zero attached hydrogens (tertiary/aromatic N) is 6. The summed E-state index contributed by atoms with van der Waals surface area (Å²) in [4.78, 5) is 10.9. The molecule has 1 aromatic carbocycles. The second-order valence-electron chi connectivity index (χ2n) is 6.99. The first kappa shape index (κ1) is 18.8. The molecule has 0 unspecified atom stereocenters. The van der Waals surface area contributed by atoms with Gasteiger partial charge >= 0.3 is 0 Å². The highest BCUT2D eigenvalue weighted by atomic mass is 32.2. The molecule has 1 aliphatic heterocycles. The van der Waals surface area contributed by atoms with E-state index in [1.165, 1.54) is 10.6 Å². The lowest BCUT2D eigenvalue weighted by molar-refractivity contribution is 0.375. The first-order valence-corrected chi connectivity index (χ1v) is 10.7. The smallest absolute Gasteiger partial charge is 0.279 e. The van der Waals surface area contributed by atoms with Crippen molar-refractivity contribution in [2.45, 2.75) is 19.9 Å². The number of piperazine rings is 1. The summed E-state index contributed by atoms with van der Waals surface area (Å²) in [6.07, 6.45) is 3.29. The zero-order valence-corrected chi connectivity index (χ0v) is 16.7. The van der Waals surface area contributed by atoms with Crippen LogP contribution in [0.2, 0.25) is 0 Å². The van der Waals surface area contributed by atoms with Gasteiger partial charge in [-0.25, -0.2) is 14.6 Å². The molecular formula is C18H23N7O2S. The summed E-state index contributed by atoms with van der Waals surface area (Å²) in [7, 11) is -3.46. The molecule has 9 nitrogen and oxygen atoms in total. The van der Waals surface area contributed by atoms with Crippen LogP contribution in [0.3, 0.4) is 0 Å². The lowest BCUT2D eigenvalue weighted by Gasteiger charge is -2.35. The second kappa shape index (κ2) is 7.46. The SMILES string of the molecule is CC(C)NS(=O)(=O)N1CCN(c2ncnc3c2cnn3-c2ccccc2)CC1. The molecule has 1 aliphatic rings. The standard InChI is InChI=1S/C18H23N7O2S/c1-14(2)22-28(26,27)24-10-8-23(9-11-24)17-16-12-21-25(18(16)20-13-19-17)15-6-4-3-5-7-15/h3-7,12-14,22H,8-11H2,1-2H3. The highest BCUT2D eigenvalue weighted by molar-refractivity contribution is 7.87. The number of hydrogen-bond donors (Lipinski definition) is 1. The summed E-state index contributed by atoms with van der Waals surface area (Å²) in [5.41, 5.74) is 1.66. The molecular weight excluding hydrogens is 378 g/mol. The van der Waals surface area contributed by atoms with Crippen LogP contribution in [0.25, 0.3) is 16.7 Å². The highest BCUT2D eigenvalue weighted by Crippen LogP contribution is 2.25. The summed E-state index contributed by atoms with van der Waals surface area (Å²) in [5, 5.41) is 5.33. The number of para-hydroxylation sites is 1. The van der Waals surface area contributed by atoms with Crippen molar-refractivity contribution in [2.24, 2.45) is 0 Å². The Balaban J connectivity index is 1.57. The Morgan fingerprint density at radius 2 is 1.75 bits per heavy atom. The van der Waals surface area contributed by atoms with Crippen molar-refractivity contribution >= 4 is 27.1 Å². The number of anilines is 1. The molecule has 1 saturated heterocycles. The van der Waals surface area contributed by atoms with Crippen LogP contribution in [0, 0.1) is 0 Å². The number of hydrogen-bond acceptors (Lipinski definition) is 6. The van der Waals surface area contributed by atoms with Gasteiger partial charge in [-0.15, -0.1) is 0 Å². The third-order valence-corrected chi connectivity index (χ3v) is 6.42. The third-order valence-electron chi connectivity index (χ3n) is 4.61. The first-order chi connectivity index (χ1) is 13.5. The van der Waals surface area contributed by atoms with Crippen LogP contribution in [-0.2, 0) is 10.2 Å². The second-order valence-corrected chi connectivity index (χ2v) is 8.69. The van der Waals surface area contributed by atoms with Gasteiger partial charge in [0.2, 0.25) is 0 Å². The van der Waals surface area contributed by atoms with Gasteiger partial charge in [0.15, 0.2) is 5.65 Å². The molecule has 3 aromatic rings. The lowest BCUT2D eigenvalue weighted by atomic mass is 10.3. The normalized spacial score (nSPS) is 16.2. The highest BCUT2D eigenvalue weighted by Gasteiger charge is 2.28. The van der Waals surface area contributed by atoms with Crippen LogP contribution < -0.4 is 9.62 Å². The van der Waals surface area contributed by atoms with Gasteiger partial charge in [0, 0.05) is 32.2 Å². The van der Waals surface area contributed by atoms with E-state index in [1.807, 2.05) is 44.2 Å². The molecule has 0 saturated carbocycles. The summed E-state index contributed by atoms with van der Waals surface area (Å²) in [6.45, 7) is 5.55. The first-order valence-electron chi connectivity index (χ1n) is 9.22. The van der Waals surface area contributed by atoms with Crippen LogP contribution in [0.4, 0.5) is 5.82 Å². The molecule has 0 radical (unpaired) electrons. The molecule has 2 aromatic heterocycles. The van der Waals surface area contributed by atoms with Gasteiger partial charge in [0.05, 0.1) is 17.3 Å². The largest absolute Gasteiger partial charge is 0.353 e. The zero-order valence-electron chi connectivity index (χ0n) is 15.9. The fourth-order valence-corrected chi connectivity index (χ4v) is 4.74. The Kier molecular flexibility index (Phi) is 5.00. The Morgan fingerprint density at radius 3 is 2.43 bits per heavy atom. The predicted octanol–water partition coefficient (Wildman–Crippen LogP) is 1.18. The van der Waals surface area contributed by atoms with Gasteiger partial charge in [0.25, 0.3) is 10.2 Å². The molecule has 28 heavy (non-hydrogen) atoms. The fraction of sp³-hybridized carbons (Fsp3) is 0.389. The monoisotopic (exact) mass is 401 g/mol. The Labute approximate surface area is 164 Å². The van der Waals surface area contributed by atoms with Gasteiger partial charge < -0.3 is 4.90 Å². The van der Waals surface area contributed by atoms with Crippen molar-refractivity contribution in [1.29, 1.82) is 0 Å². The van der Waals surface area contributed by atoms with Crippen LogP contribution in [0.15, 0.2) is 42.9 Å². The number of benzene rings is 1. The Morgan fingerprint density at radius 1 is 1.04 bits per heavy atom. The van der Waals surface area contributed by atoms with Crippen LogP contribution in [0.5, 0.6) is 0 Å². The van der Waals surface area contributed by atoms with Crippen LogP contribution in [0.1, 0.15) is 13.8 Å². The Bertz CT molecular complexity index is 1060. The Hall–Kier alpha value is -2.56. The van der Waals surface area contributed by atoms with Gasteiger partial charge in [-0.05, 0) is 26.0 Å². The molecule has 0 bridgehead atoms. The molecule has 1 fully saturated rings. The summed E-state index contributed by atoms with van der Waals surface area (Å²) < 4.78 is 30.6. The average molecular weight is 401 g/mol. The maximum atomic E-state index is 12.4. The molecule has 0 amide bonds. The summed E-state index contributed by atoms with van der Waals surface area (Å²) in [5.74, 6) is 0.779. The molecule has 10 heteroatoms. The van der Waals surface area contributed by atoms with Gasteiger partial charge in [-0.1, -0.05) is 18.2 Å². The quantitative estimate of drug-likeness (QED) is 0.690. The molecule has 1 N–H and O–H groups in total. The molecule has 148 valence electrons. The number of aromatic nitrogens is 4. The van der Waals surface area contributed by atoms with Crippen molar-refractivity contribution < 1.29 is 8.42 Å². The predicted molar refractivity (Wildman–Crippen MR) is 108 cm³/mol. The van der Waals surface area contributed by atoms with Crippen LogP contribution >= 0.6 is 0 Å². The van der Waals surface area contributed by atoms with Gasteiger partial charge in [-0.3, -0.25) is 0 Å². The molecule has 0 atom stereocenters. The van der Waals surface area contributed by atoms with E-state index in [0.717, 1.165) is 22.5 Å². The molecule has 4 rings (SSSR count). The number of nitrogens with one attached hydrogen (secondary N) is 1. The number of rotatable bonds is 5. The average Bonchev–Trinajstić information content (AvgIpc) is 3.12. The fourth-order valence-electron chi connectivity index (χ4n) is 3.35. The van der Waals surface area contributed by atoms with Crippen molar-refractivity contribution in [2.75, 3.05) is 31.1 Å². The maximum Gasteiger partial charge on any atom is 0.279 e. The lowest BCUT2D eigenvalue weighted by Crippen LogP contribution is -2.53. The van der Waals surface area contributed by atoms with Crippen molar-refractivity contribution in [3.63, 3.8) is 0 Å². The van der Waals surface area contributed by atoms with E-state index in [4.69, 9.17) is 0 Å². The van der Waals surface area contributed by atoms with E-state index in [1.54, 1.807) is 10.9 Å². The van der Waals surface area contributed by atoms with E-state index in [-0.39, 0.29) is 6.04 Å². The van der Waals surface area contributed by atoms with E-state index >= 15 is 0 Å². The van der Waals surface area contributed by atoms with E-state index in [9.17, 15) is 8.42 Å². The van der Waals surface area contributed by atoms with E-state index in [0.29, 0.717) is 26.2 Å². The summed E-state index contributed by atoms with van der Waals surface area (Å²) in [6, 6.07) is 9.68. The van der Waals surface area contributed by atoms with Crippen molar-refractivity contribution in [1.82, 2.24) is 28.8 Å². The molecule has 0 spiro atoms. The van der Waals surface area contributed by atoms with Crippen LogP contribution in [-0.4, -0.2) is 64.7 Å². The van der Waals surface area contributed by atoms with Gasteiger partial charge in [-0.2, -0.15) is 22.5 Å². The minimum absolute atomic E-state index is 0.131. The topological polar surface area (TPSA) is 96.2 Å². The molecule has 3 heterocycles. The summed E-state index contributed by atoms with van der Waals surface area (Å²) >= 11 is 0. The zero-order chi connectivity index (χ0) is 19.7. The van der Waals surface area contributed by atoms with E-state index in [2.05, 4.69) is 24.7 Å². The third kappa shape index (κ3) is 3.58. The minimum atomic E-state index is -3.46. The van der Waals surface area contributed by atoms with Gasteiger partial charge in [0.1, 0.15) is 12.1 Å². The maximum absolute atomic E-state index is 12.4.